The average molecular weight is 631 g/mol. The predicted octanol–water partition coefficient (Wildman–Crippen LogP) is -0.704. The number of ketones is 3. The van der Waals surface area contributed by atoms with Crippen molar-refractivity contribution in [3.63, 3.8) is 0 Å². The van der Waals surface area contributed by atoms with Gasteiger partial charge in [-0.3, -0.25) is 19.3 Å². The molecule has 14 heteroatoms. The quantitative estimate of drug-likeness (QED) is 0.137. The fourth-order valence-corrected chi connectivity index (χ4v) is 6.51. The minimum absolute atomic E-state index is 0.00414. The first-order valence-electron chi connectivity index (χ1n) is 14.7. The third-order valence-electron chi connectivity index (χ3n) is 8.86. The van der Waals surface area contributed by atoms with Crippen molar-refractivity contribution in [3.05, 3.63) is 51.6 Å². The molecule has 244 valence electrons. The summed E-state index contributed by atoms with van der Waals surface area (Å²) >= 11 is 0. The van der Waals surface area contributed by atoms with Crippen molar-refractivity contribution in [1.29, 1.82) is 0 Å². The summed E-state index contributed by atoms with van der Waals surface area (Å²) in [7, 11) is 1.32. The van der Waals surface area contributed by atoms with Gasteiger partial charge in [-0.2, -0.15) is 0 Å². The Morgan fingerprint density at radius 1 is 1.09 bits per heavy atom. The highest BCUT2D eigenvalue weighted by molar-refractivity contribution is 6.31. The molecule has 0 aromatic heterocycles. The first kappa shape index (κ1) is 32.9. The number of benzene rings is 2. The van der Waals surface area contributed by atoms with E-state index in [1.165, 1.54) is 30.2 Å². The van der Waals surface area contributed by atoms with Crippen molar-refractivity contribution in [1.82, 2.24) is 4.90 Å². The number of aliphatic hydroxyl groups is 4. The zero-order valence-electron chi connectivity index (χ0n) is 24.9. The van der Waals surface area contributed by atoms with Crippen LogP contribution in [-0.2, 0) is 20.7 Å². The van der Waals surface area contributed by atoms with E-state index in [4.69, 9.17) is 19.9 Å². The number of hydrogen-bond acceptors (Lipinski definition) is 14. The van der Waals surface area contributed by atoms with E-state index in [1.807, 2.05) is 0 Å². The Hall–Kier alpha value is -3.47. The van der Waals surface area contributed by atoms with Gasteiger partial charge in [0, 0.05) is 55.1 Å². The minimum Gasteiger partial charge on any atom is -0.507 e. The Kier molecular flexibility index (Phi) is 9.31. The summed E-state index contributed by atoms with van der Waals surface area (Å²) in [6.45, 7) is 0.647. The van der Waals surface area contributed by atoms with Crippen LogP contribution >= 0.6 is 0 Å². The van der Waals surface area contributed by atoms with E-state index < -0.39 is 89.1 Å². The lowest BCUT2D eigenvalue weighted by atomic mass is 9.71. The Labute approximate surface area is 258 Å². The number of aromatic hydroxyl groups is 2. The molecule has 2 aromatic carbocycles. The molecular formula is C31H38N2O12. The van der Waals surface area contributed by atoms with Crippen LogP contribution in [0.15, 0.2) is 18.2 Å². The SMILES string of the molecule is COc1cccc2c1C(=O)c1c(O)c3c(c(O)c1C2=O)C[C@@](O)(C(=O)CN(CCO)CCO)CC3OC1CC(N)C(O)C(C)O1. The number of Topliss-reactive ketones (excluding diaryl/α,β-unsaturated/α-hetero) is 1. The van der Waals surface area contributed by atoms with Crippen LogP contribution in [-0.4, -0.2) is 123 Å². The topological polar surface area (TPSA) is 230 Å². The van der Waals surface area contributed by atoms with Gasteiger partial charge in [-0.05, 0) is 13.0 Å². The fraction of sp³-hybridized carbons (Fsp3) is 0.516. The van der Waals surface area contributed by atoms with E-state index >= 15 is 0 Å². The number of fused-ring (bicyclic) bond motifs is 3. The summed E-state index contributed by atoms with van der Waals surface area (Å²) in [4.78, 5) is 42.6. The van der Waals surface area contributed by atoms with Gasteiger partial charge < -0.3 is 50.6 Å². The predicted molar refractivity (Wildman–Crippen MR) is 155 cm³/mol. The number of hydrogen-bond donors (Lipinski definition) is 7. The van der Waals surface area contributed by atoms with Crippen LogP contribution in [0.25, 0.3) is 0 Å². The number of nitrogens with zero attached hydrogens (tertiary/aromatic N) is 1. The largest absolute Gasteiger partial charge is 0.507 e. The van der Waals surface area contributed by atoms with E-state index in [9.17, 15) is 45.0 Å². The van der Waals surface area contributed by atoms with Crippen LogP contribution in [0, 0.1) is 0 Å². The van der Waals surface area contributed by atoms with Crippen molar-refractivity contribution in [2.75, 3.05) is 40.0 Å². The Morgan fingerprint density at radius 3 is 2.38 bits per heavy atom. The van der Waals surface area contributed by atoms with E-state index in [0.717, 1.165) is 0 Å². The maximum atomic E-state index is 13.8. The van der Waals surface area contributed by atoms with E-state index in [2.05, 4.69) is 0 Å². The minimum atomic E-state index is -2.22. The molecule has 1 heterocycles. The Morgan fingerprint density at radius 2 is 1.76 bits per heavy atom. The third kappa shape index (κ3) is 5.72. The van der Waals surface area contributed by atoms with Crippen molar-refractivity contribution in [3.8, 4) is 17.2 Å². The molecule has 0 amide bonds. The number of rotatable bonds is 10. The van der Waals surface area contributed by atoms with Gasteiger partial charge in [-0.15, -0.1) is 0 Å². The molecule has 0 bridgehead atoms. The van der Waals surface area contributed by atoms with E-state index in [0.29, 0.717) is 0 Å². The van der Waals surface area contributed by atoms with Crippen molar-refractivity contribution in [2.24, 2.45) is 5.73 Å². The smallest absolute Gasteiger partial charge is 0.202 e. The van der Waals surface area contributed by atoms with Crippen LogP contribution < -0.4 is 10.5 Å². The lowest BCUT2D eigenvalue weighted by Gasteiger charge is -2.42. The second-order valence-electron chi connectivity index (χ2n) is 11.7. The molecule has 2 aliphatic carbocycles. The van der Waals surface area contributed by atoms with E-state index in [-0.39, 0.29) is 67.3 Å². The molecule has 14 nitrogen and oxygen atoms in total. The van der Waals surface area contributed by atoms with Gasteiger partial charge in [0.2, 0.25) is 5.78 Å². The third-order valence-corrected chi connectivity index (χ3v) is 8.86. The maximum absolute atomic E-state index is 13.8. The molecule has 0 saturated carbocycles. The summed E-state index contributed by atoms with van der Waals surface area (Å²) in [6.07, 6.45) is -5.17. The van der Waals surface area contributed by atoms with Gasteiger partial charge in [0.1, 0.15) is 22.8 Å². The van der Waals surface area contributed by atoms with Gasteiger partial charge in [0.15, 0.2) is 17.9 Å². The number of nitrogens with two attached hydrogens (primary N) is 1. The molecule has 6 atom stereocenters. The molecule has 5 unspecified atom stereocenters. The molecule has 8 N–H and O–H groups in total. The molecule has 5 rings (SSSR count). The van der Waals surface area contributed by atoms with Crippen LogP contribution in [0.1, 0.15) is 68.8 Å². The first-order valence-corrected chi connectivity index (χ1v) is 14.7. The Balaban J connectivity index is 1.64. The zero-order chi connectivity index (χ0) is 32.8. The van der Waals surface area contributed by atoms with Gasteiger partial charge in [0.25, 0.3) is 0 Å². The van der Waals surface area contributed by atoms with Gasteiger partial charge in [-0.25, -0.2) is 0 Å². The average Bonchev–Trinajstić information content (AvgIpc) is 2.99. The number of ether oxygens (including phenoxy) is 3. The summed E-state index contributed by atoms with van der Waals surface area (Å²) in [5, 5.41) is 64.2. The standard InChI is InChI=1S/C31H38N2O12/c1-14-26(37)17(32)10-21(44-14)45-19-12-31(42,20(36)13-33(6-8-34)7-9-35)11-16-23(19)30(41)25-24(28(16)39)27(38)15-4-3-5-18(43-2)22(15)29(25)40/h3-5,14,17,19,21,26,34-35,37,39,41-42H,6-13,32H2,1-2H3/t14?,17?,19?,21?,26?,31-/m0/s1. The molecule has 1 fully saturated rings. The molecule has 0 radical (unpaired) electrons. The summed E-state index contributed by atoms with van der Waals surface area (Å²) in [5.74, 6) is -3.55. The number of carbonyl (C=O) groups is 3. The summed E-state index contributed by atoms with van der Waals surface area (Å²) in [5.41, 5.74) is 2.47. The lowest BCUT2D eigenvalue weighted by molar-refractivity contribution is -0.247. The lowest BCUT2D eigenvalue weighted by Crippen LogP contribution is -2.53. The van der Waals surface area contributed by atoms with Crippen LogP contribution in [0.2, 0.25) is 0 Å². The number of aliphatic hydroxyl groups excluding tert-OH is 3. The molecule has 2 aromatic rings. The maximum Gasteiger partial charge on any atom is 0.202 e. The zero-order valence-corrected chi connectivity index (χ0v) is 24.9. The van der Waals surface area contributed by atoms with Crippen LogP contribution in [0.5, 0.6) is 17.2 Å². The van der Waals surface area contributed by atoms with E-state index in [1.54, 1.807) is 6.92 Å². The highest BCUT2D eigenvalue weighted by Gasteiger charge is 2.50. The first-order chi connectivity index (χ1) is 21.4. The normalized spacial score (nSPS) is 27.6. The van der Waals surface area contributed by atoms with Crippen LogP contribution in [0.3, 0.4) is 0 Å². The van der Waals surface area contributed by atoms with Crippen molar-refractivity contribution >= 4 is 17.3 Å². The number of phenols is 2. The second kappa shape index (κ2) is 12.7. The molecule has 0 spiro atoms. The number of carbonyl (C=O) groups excluding carboxylic acids is 3. The molecule has 1 aliphatic heterocycles. The summed E-state index contributed by atoms with van der Waals surface area (Å²) in [6, 6.07) is 3.63. The van der Waals surface area contributed by atoms with Gasteiger partial charge in [0.05, 0.1) is 61.9 Å². The highest BCUT2D eigenvalue weighted by atomic mass is 16.7. The molecule has 1 saturated heterocycles. The van der Waals surface area contributed by atoms with Gasteiger partial charge in [-0.1, -0.05) is 12.1 Å². The van der Waals surface area contributed by atoms with Gasteiger partial charge >= 0.3 is 0 Å². The number of phenolic OH excluding ortho intramolecular Hbond substituents is 2. The Bertz CT molecular complexity index is 1490. The highest BCUT2D eigenvalue weighted by Crippen LogP contribution is 2.52. The molecular weight excluding hydrogens is 592 g/mol. The fourth-order valence-electron chi connectivity index (χ4n) is 6.51. The molecule has 3 aliphatic rings. The summed E-state index contributed by atoms with van der Waals surface area (Å²) < 4.78 is 17.3. The number of methoxy groups -OCH3 is 1. The monoisotopic (exact) mass is 630 g/mol. The second-order valence-corrected chi connectivity index (χ2v) is 11.7. The molecule has 45 heavy (non-hydrogen) atoms. The van der Waals surface area contributed by atoms with Crippen molar-refractivity contribution < 1.29 is 59.2 Å². The van der Waals surface area contributed by atoms with Crippen LogP contribution in [0.4, 0.5) is 0 Å². The van der Waals surface area contributed by atoms with Crippen molar-refractivity contribution in [2.45, 2.75) is 62.4 Å².